The van der Waals surface area contributed by atoms with E-state index < -0.39 is 11.8 Å². The Balaban J connectivity index is 1.39. The highest BCUT2D eigenvalue weighted by molar-refractivity contribution is 6.11. The van der Waals surface area contributed by atoms with Crippen LogP contribution in [0.15, 0.2) is 42.5 Å². The van der Waals surface area contributed by atoms with Gasteiger partial charge in [0.05, 0.1) is 6.42 Å². The molecule has 7 nitrogen and oxygen atoms in total. The highest BCUT2D eigenvalue weighted by Gasteiger charge is 2.31. The number of benzene rings is 2. The molecule has 2 aromatic rings. The molecule has 4 rings (SSSR count). The monoisotopic (exact) mass is 352 g/mol. The van der Waals surface area contributed by atoms with Crippen LogP contribution in [-0.4, -0.2) is 36.0 Å². The molecule has 2 aliphatic heterocycles. The van der Waals surface area contributed by atoms with Crippen LogP contribution in [-0.2, 0) is 22.6 Å². The van der Waals surface area contributed by atoms with Crippen molar-refractivity contribution in [2.45, 2.75) is 13.0 Å². The van der Waals surface area contributed by atoms with Gasteiger partial charge in [0.25, 0.3) is 5.91 Å². The highest BCUT2D eigenvalue weighted by Crippen LogP contribution is 2.32. The summed E-state index contributed by atoms with van der Waals surface area (Å²) in [7, 11) is 0. The van der Waals surface area contributed by atoms with Gasteiger partial charge in [0.2, 0.25) is 18.6 Å². The molecule has 1 N–H and O–H groups in total. The van der Waals surface area contributed by atoms with Crippen LogP contribution in [0, 0.1) is 0 Å². The third-order valence-corrected chi connectivity index (χ3v) is 4.36. The number of rotatable bonds is 4. The van der Waals surface area contributed by atoms with E-state index >= 15 is 0 Å². The largest absolute Gasteiger partial charge is 0.454 e. The van der Waals surface area contributed by atoms with E-state index in [1.165, 1.54) is 0 Å². The van der Waals surface area contributed by atoms with Gasteiger partial charge < -0.3 is 14.8 Å². The number of amides is 3. The SMILES string of the molecule is O=C(CN1C(=O)Cc2ccccc2C1=O)NCc1ccc2c(c1)OCO2. The van der Waals surface area contributed by atoms with Crippen molar-refractivity contribution in [3.8, 4) is 11.5 Å². The van der Waals surface area contributed by atoms with Crippen molar-refractivity contribution < 1.29 is 23.9 Å². The fraction of sp³-hybridized carbons (Fsp3) is 0.211. The molecule has 0 saturated carbocycles. The van der Waals surface area contributed by atoms with E-state index in [0.29, 0.717) is 22.6 Å². The minimum Gasteiger partial charge on any atom is -0.454 e. The standard InChI is InChI=1S/C19H16N2O5/c22-17(20-9-12-5-6-15-16(7-12)26-11-25-15)10-21-18(23)8-13-3-1-2-4-14(13)19(21)24/h1-7H,8-11H2,(H,20,22). The van der Waals surface area contributed by atoms with Crippen molar-refractivity contribution in [3.63, 3.8) is 0 Å². The van der Waals surface area contributed by atoms with Gasteiger partial charge in [-0.1, -0.05) is 24.3 Å². The number of carbonyl (C=O) groups is 3. The average Bonchev–Trinajstić information content (AvgIpc) is 3.11. The van der Waals surface area contributed by atoms with Gasteiger partial charge in [0.1, 0.15) is 6.54 Å². The van der Waals surface area contributed by atoms with Crippen LogP contribution < -0.4 is 14.8 Å². The summed E-state index contributed by atoms with van der Waals surface area (Å²) in [5, 5.41) is 2.72. The second kappa shape index (κ2) is 6.51. The maximum atomic E-state index is 12.5. The molecule has 0 radical (unpaired) electrons. The zero-order valence-electron chi connectivity index (χ0n) is 13.9. The summed E-state index contributed by atoms with van der Waals surface area (Å²) >= 11 is 0. The molecule has 7 heteroatoms. The molecule has 0 unspecified atom stereocenters. The van der Waals surface area contributed by atoms with Crippen LogP contribution in [0.25, 0.3) is 0 Å². The molecular weight excluding hydrogens is 336 g/mol. The summed E-state index contributed by atoms with van der Waals surface area (Å²) in [4.78, 5) is 37.9. The van der Waals surface area contributed by atoms with E-state index in [9.17, 15) is 14.4 Å². The number of carbonyl (C=O) groups excluding carboxylic acids is 3. The first-order chi connectivity index (χ1) is 12.6. The quantitative estimate of drug-likeness (QED) is 0.838. The number of imide groups is 1. The van der Waals surface area contributed by atoms with Crippen LogP contribution in [0.2, 0.25) is 0 Å². The first-order valence-corrected chi connectivity index (χ1v) is 8.19. The van der Waals surface area contributed by atoms with Crippen LogP contribution in [0.1, 0.15) is 21.5 Å². The molecule has 132 valence electrons. The summed E-state index contributed by atoms with van der Waals surface area (Å²) in [6.45, 7) is 0.157. The van der Waals surface area contributed by atoms with Crippen LogP contribution >= 0.6 is 0 Å². The van der Waals surface area contributed by atoms with Gasteiger partial charge in [-0.15, -0.1) is 0 Å². The van der Waals surface area contributed by atoms with Crippen molar-refractivity contribution in [1.29, 1.82) is 0 Å². The number of fused-ring (bicyclic) bond motifs is 2. The Morgan fingerprint density at radius 3 is 2.77 bits per heavy atom. The topological polar surface area (TPSA) is 84.9 Å². The highest BCUT2D eigenvalue weighted by atomic mass is 16.7. The molecule has 3 amide bonds. The van der Waals surface area contributed by atoms with Crippen molar-refractivity contribution in [2.24, 2.45) is 0 Å². The molecule has 0 aromatic heterocycles. The predicted octanol–water partition coefficient (Wildman–Crippen LogP) is 1.26. The van der Waals surface area contributed by atoms with E-state index in [1.54, 1.807) is 36.4 Å². The number of hydrogen-bond acceptors (Lipinski definition) is 5. The van der Waals surface area contributed by atoms with Crippen molar-refractivity contribution in [3.05, 3.63) is 59.2 Å². The third-order valence-electron chi connectivity index (χ3n) is 4.36. The normalized spacial score (nSPS) is 15.0. The lowest BCUT2D eigenvalue weighted by molar-refractivity contribution is -0.133. The van der Waals surface area contributed by atoms with Gasteiger partial charge in [-0.05, 0) is 29.3 Å². The lowest BCUT2D eigenvalue weighted by Gasteiger charge is -2.26. The summed E-state index contributed by atoms with van der Waals surface area (Å²) in [5.74, 6) is 0.101. The van der Waals surface area contributed by atoms with Gasteiger partial charge in [0, 0.05) is 12.1 Å². The van der Waals surface area contributed by atoms with Crippen LogP contribution in [0.3, 0.4) is 0 Å². The Bertz CT molecular complexity index is 909. The molecule has 2 aromatic carbocycles. The molecule has 0 aliphatic carbocycles. The Kier molecular flexibility index (Phi) is 4.04. The fourth-order valence-corrected chi connectivity index (χ4v) is 3.01. The van der Waals surface area contributed by atoms with Gasteiger partial charge >= 0.3 is 0 Å². The number of ether oxygens (including phenoxy) is 2. The molecule has 0 spiro atoms. The van der Waals surface area contributed by atoms with Crippen molar-refractivity contribution >= 4 is 17.7 Å². The Morgan fingerprint density at radius 2 is 1.88 bits per heavy atom. The van der Waals surface area contributed by atoms with Gasteiger partial charge in [-0.2, -0.15) is 0 Å². The van der Waals surface area contributed by atoms with Crippen molar-refractivity contribution in [1.82, 2.24) is 10.2 Å². The Labute approximate surface area is 149 Å². The molecular formula is C19H16N2O5. The van der Waals surface area contributed by atoms with Gasteiger partial charge in [-0.3, -0.25) is 19.3 Å². The summed E-state index contributed by atoms with van der Waals surface area (Å²) in [5.41, 5.74) is 2.00. The smallest absolute Gasteiger partial charge is 0.261 e. The van der Waals surface area contributed by atoms with E-state index in [1.807, 2.05) is 6.07 Å². The zero-order valence-corrected chi connectivity index (χ0v) is 13.9. The molecule has 0 atom stereocenters. The number of hydrogen-bond donors (Lipinski definition) is 1. The average molecular weight is 352 g/mol. The molecule has 26 heavy (non-hydrogen) atoms. The van der Waals surface area contributed by atoms with E-state index in [4.69, 9.17) is 9.47 Å². The fourth-order valence-electron chi connectivity index (χ4n) is 3.01. The van der Waals surface area contributed by atoms with E-state index in [2.05, 4.69) is 5.32 Å². The van der Waals surface area contributed by atoms with Gasteiger partial charge in [-0.25, -0.2) is 0 Å². The van der Waals surface area contributed by atoms with Crippen molar-refractivity contribution in [2.75, 3.05) is 13.3 Å². The molecule has 2 heterocycles. The van der Waals surface area contributed by atoms with Crippen LogP contribution in [0.5, 0.6) is 11.5 Å². The van der Waals surface area contributed by atoms with Crippen LogP contribution in [0.4, 0.5) is 0 Å². The molecule has 0 saturated heterocycles. The summed E-state index contributed by atoms with van der Waals surface area (Å²) in [6, 6.07) is 12.3. The predicted molar refractivity (Wildman–Crippen MR) is 90.6 cm³/mol. The zero-order chi connectivity index (χ0) is 18.1. The second-order valence-electron chi connectivity index (χ2n) is 6.08. The molecule has 0 bridgehead atoms. The minimum atomic E-state index is -0.435. The number of nitrogens with one attached hydrogen (secondary N) is 1. The lowest BCUT2D eigenvalue weighted by Crippen LogP contribution is -2.47. The summed E-state index contributed by atoms with van der Waals surface area (Å²) in [6.07, 6.45) is 0.122. The van der Waals surface area contributed by atoms with E-state index in [0.717, 1.165) is 10.5 Å². The second-order valence-corrected chi connectivity index (χ2v) is 6.08. The third kappa shape index (κ3) is 2.99. The first-order valence-electron chi connectivity index (χ1n) is 8.19. The lowest BCUT2D eigenvalue weighted by atomic mass is 9.98. The maximum Gasteiger partial charge on any atom is 0.261 e. The van der Waals surface area contributed by atoms with E-state index in [-0.39, 0.29) is 32.2 Å². The number of nitrogens with zero attached hydrogens (tertiary/aromatic N) is 1. The first kappa shape index (κ1) is 16.1. The summed E-state index contributed by atoms with van der Waals surface area (Å²) < 4.78 is 10.5. The molecule has 0 fully saturated rings. The Morgan fingerprint density at radius 1 is 1.08 bits per heavy atom. The minimum absolute atomic E-state index is 0.122. The maximum absolute atomic E-state index is 12.5. The Hall–Kier alpha value is -3.35. The molecule has 2 aliphatic rings. The van der Waals surface area contributed by atoms with Gasteiger partial charge in [0.15, 0.2) is 11.5 Å².